The number of aromatic nitrogens is 3. The van der Waals surface area contributed by atoms with Crippen molar-refractivity contribution in [3.63, 3.8) is 0 Å². The van der Waals surface area contributed by atoms with Crippen molar-refractivity contribution in [1.29, 1.82) is 0 Å². The number of carbonyl (C=O) groups is 1. The van der Waals surface area contributed by atoms with E-state index in [-0.39, 0.29) is 0 Å². The molecule has 0 unspecified atom stereocenters. The monoisotopic (exact) mass is 175 g/mol. The second-order valence-electron chi connectivity index (χ2n) is 2.79. The van der Waals surface area contributed by atoms with E-state index in [4.69, 9.17) is 0 Å². The predicted molar refractivity (Wildman–Crippen MR) is 48.4 cm³/mol. The highest BCUT2D eigenvalue weighted by Crippen LogP contribution is 2.18. The van der Waals surface area contributed by atoms with E-state index in [0.29, 0.717) is 5.69 Å². The zero-order valence-electron chi connectivity index (χ0n) is 7.19. The smallest absolute Gasteiger partial charge is 0.170 e. The Morgan fingerprint density at radius 2 is 2.46 bits per heavy atom. The lowest BCUT2D eigenvalue weighted by Crippen LogP contribution is -1.92. The molecule has 13 heavy (non-hydrogen) atoms. The second kappa shape index (κ2) is 2.90. The Labute approximate surface area is 75.2 Å². The quantitative estimate of drug-likeness (QED) is 0.698. The molecule has 0 radical (unpaired) electrons. The topological polar surface area (TPSA) is 50.7 Å². The fraction of sp³-hybridized carbons (Fsp3) is 0.111. The summed E-state index contributed by atoms with van der Waals surface area (Å²) in [7, 11) is 1.86. The molecule has 4 heteroatoms. The van der Waals surface area contributed by atoms with Crippen LogP contribution in [0.3, 0.4) is 0 Å². The first-order valence-corrected chi connectivity index (χ1v) is 3.93. The van der Waals surface area contributed by atoms with Crippen molar-refractivity contribution in [3.05, 3.63) is 30.4 Å². The van der Waals surface area contributed by atoms with Gasteiger partial charge in [0.15, 0.2) is 6.29 Å². The van der Waals surface area contributed by atoms with Crippen molar-refractivity contribution in [2.24, 2.45) is 7.05 Å². The fourth-order valence-electron chi connectivity index (χ4n) is 1.34. The van der Waals surface area contributed by atoms with Crippen LogP contribution in [0.5, 0.6) is 0 Å². The van der Waals surface area contributed by atoms with E-state index in [0.717, 1.165) is 17.7 Å². The number of aromatic amines is 1. The first kappa shape index (κ1) is 7.79. The van der Waals surface area contributed by atoms with Crippen molar-refractivity contribution in [2.45, 2.75) is 0 Å². The number of hydrogen-bond acceptors (Lipinski definition) is 2. The number of aldehydes is 1. The molecule has 66 valence electrons. The van der Waals surface area contributed by atoms with Gasteiger partial charge in [-0.1, -0.05) is 0 Å². The zero-order valence-corrected chi connectivity index (χ0v) is 7.19. The summed E-state index contributed by atoms with van der Waals surface area (Å²) in [6, 6.07) is 3.79. The highest BCUT2D eigenvalue weighted by Gasteiger charge is 2.09. The minimum Gasteiger partial charge on any atom is -0.360 e. The summed E-state index contributed by atoms with van der Waals surface area (Å²) in [5.74, 6) is 0. The molecule has 4 nitrogen and oxygen atoms in total. The minimum atomic E-state index is 0.463. The average Bonchev–Trinajstić information content (AvgIpc) is 2.72. The summed E-state index contributed by atoms with van der Waals surface area (Å²) < 4.78 is 1.82. The molecular formula is C9H9N3O. The molecule has 0 aliphatic carbocycles. The van der Waals surface area contributed by atoms with Gasteiger partial charge in [0.05, 0.1) is 17.7 Å². The number of aryl methyl sites for hydroxylation is 1. The molecule has 0 saturated carbocycles. The van der Waals surface area contributed by atoms with Gasteiger partial charge < -0.3 is 9.55 Å². The number of imidazole rings is 1. The molecule has 2 aromatic rings. The SMILES string of the molecule is Cn1cnc(C=O)c1-c1ccc[nH]1. The van der Waals surface area contributed by atoms with E-state index in [2.05, 4.69) is 9.97 Å². The molecule has 0 amide bonds. The van der Waals surface area contributed by atoms with Gasteiger partial charge in [-0.25, -0.2) is 4.98 Å². The van der Waals surface area contributed by atoms with Crippen LogP contribution in [0, 0.1) is 0 Å². The van der Waals surface area contributed by atoms with Crippen LogP contribution in [0.4, 0.5) is 0 Å². The van der Waals surface area contributed by atoms with Crippen LogP contribution >= 0.6 is 0 Å². The van der Waals surface area contributed by atoms with Gasteiger partial charge in [-0.05, 0) is 12.1 Å². The Bertz CT molecular complexity index is 414. The molecule has 0 aliphatic heterocycles. The predicted octanol–water partition coefficient (Wildman–Crippen LogP) is 1.23. The van der Waals surface area contributed by atoms with Crippen LogP contribution < -0.4 is 0 Å². The van der Waals surface area contributed by atoms with Gasteiger partial charge in [-0.3, -0.25) is 4.79 Å². The molecule has 0 atom stereocenters. The largest absolute Gasteiger partial charge is 0.360 e. The number of carbonyl (C=O) groups excluding carboxylic acids is 1. The molecular weight excluding hydrogens is 166 g/mol. The van der Waals surface area contributed by atoms with Gasteiger partial charge in [0, 0.05) is 13.2 Å². The highest BCUT2D eigenvalue weighted by molar-refractivity contribution is 5.82. The molecule has 0 aromatic carbocycles. The van der Waals surface area contributed by atoms with Gasteiger partial charge in [-0.2, -0.15) is 0 Å². The van der Waals surface area contributed by atoms with E-state index in [9.17, 15) is 4.79 Å². The number of H-pyrrole nitrogens is 1. The molecule has 0 aliphatic rings. The van der Waals surface area contributed by atoms with Gasteiger partial charge in [-0.15, -0.1) is 0 Å². The first-order valence-electron chi connectivity index (χ1n) is 3.93. The van der Waals surface area contributed by atoms with E-state index >= 15 is 0 Å². The molecule has 1 N–H and O–H groups in total. The molecule has 2 aromatic heterocycles. The van der Waals surface area contributed by atoms with E-state index < -0.39 is 0 Å². The number of rotatable bonds is 2. The Balaban J connectivity index is 2.62. The van der Waals surface area contributed by atoms with Gasteiger partial charge in [0.1, 0.15) is 5.69 Å². The third-order valence-electron chi connectivity index (χ3n) is 1.93. The molecule has 2 rings (SSSR count). The zero-order chi connectivity index (χ0) is 9.26. The van der Waals surface area contributed by atoms with Crippen LogP contribution in [0.15, 0.2) is 24.7 Å². The lowest BCUT2D eigenvalue weighted by Gasteiger charge is -1.99. The maximum atomic E-state index is 10.6. The summed E-state index contributed by atoms with van der Waals surface area (Å²) in [6.07, 6.45) is 4.20. The summed E-state index contributed by atoms with van der Waals surface area (Å²) in [5.41, 5.74) is 2.19. The van der Waals surface area contributed by atoms with E-state index in [1.807, 2.05) is 29.9 Å². The summed E-state index contributed by atoms with van der Waals surface area (Å²) >= 11 is 0. The molecule has 2 heterocycles. The van der Waals surface area contributed by atoms with Crippen molar-refractivity contribution < 1.29 is 4.79 Å². The van der Waals surface area contributed by atoms with E-state index in [1.54, 1.807) is 6.33 Å². The Hall–Kier alpha value is -1.84. The van der Waals surface area contributed by atoms with Crippen LogP contribution in [-0.4, -0.2) is 20.8 Å². The fourth-order valence-corrected chi connectivity index (χ4v) is 1.34. The summed E-state index contributed by atoms with van der Waals surface area (Å²) in [6.45, 7) is 0. The lowest BCUT2D eigenvalue weighted by atomic mass is 10.2. The standard InChI is InChI=1S/C9H9N3O/c1-12-6-11-8(5-13)9(12)7-3-2-4-10-7/h2-6,10H,1H3. The Morgan fingerprint density at radius 1 is 1.62 bits per heavy atom. The third-order valence-corrected chi connectivity index (χ3v) is 1.93. The lowest BCUT2D eigenvalue weighted by molar-refractivity contribution is 0.112. The Morgan fingerprint density at radius 3 is 3.08 bits per heavy atom. The Kier molecular flexibility index (Phi) is 1.73. The van der Waals surface area contributed by atoms with Crippen LogP contribution in [0.1, 0.15) is 10.5 Å². The molecule has 0 fully saturated rings. The molecule has 0 saturated heterocycles. The van der Waals surface area contributed by atoms with Gasteiger partial charge >= 0.3 is 0 Å². The van der Waals surface area contributed by atoms with Crippen LogP contribution in [0.25, 0.3) is 11.4 Å². The van der Waals surface area contributed by atoms with Crippen molar-refractivity contribution >= 4 is 6.29 Å². The van der Waals surface area contributed by atoms with Gasteiger partial charge in [0.2, 0.25) is 0 Å². The van der Waals surface area contributed by atoms with Crippen molar-refractivity contribution in [2.75, 3.05) is 0 Å². The van der Waals surface area contributed by atoms with Crippen molar-refractivity contribution in [3.8, 4) is 11.4 Å². The second-order valence-corrected chi connectivity index (χ2v) is 2.79. The van der Waals surface area contributed by atoms with Crippen LogP contribution in [-0.2, 0) is 7.05 Å². The maximum Gasteiger partial charge on any atom is 0.170 e. The summed E-state index contributed by atoms with van der Waals surface area (Å²) in [5, 5.41) is 0. The normalized spacial score (nSPS) is 10.2. The number of nitrogens with one attached hydrogen (secondary N) is 1. The first-order chi connectivity index (χ1) is 6.33. The van der Waals surface area contributed by atoms with Crippen LogP contribution in [0.2, 0.25) is 0 Å². The maximum absolute atomic E-state index is 10.6. The van der Waals surface area contributed by atoms with Crippen molar-refractivity contribution in [1.82, 2.24) is 14.5 Å². The van der Waals surface area contributed by atoms with Gasteiger partial charge in [0.25, 0.3) is 0 Å². The third kappa shape index (κ3) is 1.16. The number of nitrogens with zero attached hydrogens (tertiary/aromatic N) is 2. The molecule has 0 spiro atoms. The summed E-state index contributed by atoms with van der Waals surface area (Å²) in [4.78, 5) is 17.6. The minimum absolute atomic E-state index is 0.463. The van der Waals surface area contributed by atoms with E-state index in [1.165, 1.54) is 0 Å². The average molecular weight is 175 g/mol. The number of hydrogen-bond donors (Lipinski definition) is 1. The highest BCUT2D eigenvalue weighted by atomic mass is 16.1. The molecule has 0 bridgehead atoms.